The van der Waals surface area contributed by atoms with Gasteiger partial charge in [-0.1, -0.05) is 44.9 Å². The van der Waals surface area contributed by atoms with E-state index >= 15 is 0 Å². The highest BCUT2D eigenvalue weighted by Gasteiger charge is 2.20. The number of hydrogen-bond acceptors (Lipinski definition) is 3. The molecule has 0 aromatic rings. The molecule has 20 heavy (non-hydrogen) atoms. The minimum atomic E-state index is -3.05. The third-order valence-electron chi connectivity index (χ3n) is 4.75. The molecule has 0 bridgehead atoms. The third kappa shape index (κ3) is 6.10. The van der Waals surface area contributed by atoms with Crippen molar-refractivity contribution in [2.45, 2.75) is 70.3 Å². The molecule has 118 valence electrons. The molecule has 0 aromatic heterocycles. The molecule has 2 rings (SSSR count). The van der Waals surface area contributed by atoms with E-state index in [4.69, 9.17) is 0 Å². The minimum Gasteiger partial charge on any atom is -0.313 e. The van der Waals surface area contributed by atoms with E-state index in [1.807, 2.05) is 0 Å². The fourth-order valence-corrected chi connectivity index (χ4v) is 4.34. The molecule has 2 saturated carbocycles. The molecule has 2 N–H and O–H groups in total. The molecule has 0 radical (unpaired) electrons. The lowest BCUT2D eigenvalue weighted by Gasteiger charge is -2.25. The molecule has 0 atom stereocenters. The van der Waals surface area contributed by atoms with Crippen LogP contribution in [0.15, 0.2) is 0 Å². The monoisotopic (exact) mass is 302 g/mol. The molecule has 0 aliphatic heterocycles. The summed E-state index contributed by atoms with van der Waals surface area (Å²) in [4.78, 5) is 0. The minimum absolute atomic E-state index is 0.307. The van der Waals surface area contributed by atoms with Crippen LogP contribution in [0.25, 0.3) is 0 Å². The van der Waals surface area contributed by atoms with E-state index < -0.39 is 10.0 Å². The molecular weight excluding hydrogens is 272 g/mol. The fourth-order valence-electron chi connectivity index (χ4n) is 3.14. The van der Waals surface area contributed by atoms with E-state index in [1.165, 1.54) is 57.8 Å². The second-order valence-corrected chi connectivity index (χ2v) is 8.37. The summed E-state index contributed by atoms with van der Waals surface area (Å²) in [6.45, 7) is 1.29. The maximum atomic E-state index is 11.8. The third-order valence-corrected chi connectivity index (χ3v) is 6.17. The van der Waals surface area contributed by atoms with Crippen molar-refractivity contribution in [1.82, 2.24) is 10.0 Å². The molecule has 0 amide bonds. The van der Waals surface area contributed by atoms with Gasteiger partial charge in [0.2, 0.25) is 10.0 Å². The first-order valence-electron chi connectivity index (χ1n) is 8.36. The zero-order chi connectivity index (χ0) is 14.3. The van der Waals surface area contributed by atoms with Crippen molar-refractivity contribution in [3.63, 3.8) is 0 Å². The first kappa shape index (κ1) is 16.2. The zero-order valence-electron chi connectivity index (χ0n) is 12.6. The van der Waals surface area contributed by atoms with Gasteiger partial charge in [-0.3, -0.25) is 0 Å². The predicted octanol–water partition coefficient (Wildman–Crippen LogP) is 2.41. The van der Waals surface area contributed by atoms with Crippen molar-refractivity contribution in [2.24, 2.45) is 5.92 Å². The van der Waals surface area contributed by atoms with Gasteiger partial charge in [-0.25, -0.2) is 13.1 Å². The smallest absolute Gasteiger partial charge is 0.211 e. The molecule has 2 aliphatic rings. The zero-order valence-corrected chi connectivity index (χ0v) is 13.4. The second kappa shape index (κ2) is 8.35. The molecule has 0 spiro atoms. The Morgan fingerprint density at radius 1 is 0.850 bits per heavy atom. The second-order valence-electron chi connectivity index (χ2n) is 6.44. The van der Waals surface area contributed by atoms with Crippen LogP contribution in [0.2, 0.25) is 0 Å². The average Bonchev–Trinajstić information content (AvgIpc) is 2.61. The normalized spacial score (nSPS) is 22.4. The van der Waals surface area contributed by atoms with Crippen LogP contribution in [0.3, 0.4) is 0 Å². The van der Waals surface area contributed by atoms with Crippen LogP contribution in [0.4, 0.5) is 0 Å². The van der Waals surface area contributed by atoms with Crippen molar-refractivity contribution >= 4 is 10.0 Å². The summed E-state index contributed by atoms with van der Waals surface area (Å²) in [7, 11) is -3.05. The van der Waals surface area contributed by atoms with Gasteiger partial charge in [0.15, 0.2) is 0 Å². The number of rotatable bonds is 8. The van der Waals surface area contributed by atoms with Gasteiger partial charge in [0.25, 0.3) is 0 Å². The summed E-state index contributed by atoms with van der Waals surface area (Å²) in [5, 5.41) is 3.49. The van der Waals surface area contributed by atoms with Crippen molar-refractivity contribution in [2.75, 3.05) is 18.8 Å². The standard InChI is InChI=1S/C15H30N2O2S/c18-20(19,13-10-14-6-5-7-14)17-12-11-16-15-8-3-1-2-4-9-15/h14-17H,1-13H2. The van der Waals surface area contributed by atoms with Crippen LogP contribution >= 0.6 is 0 Å². The SMILES string of the molecule is O=S(=O)(CCC1CCC1)NCCNC1CCCCCC1. The Morgan fingerprint density at radius 3 is 2.15 bits per heavy atom. The van der Waals surface area contributed by atoms with Gasteiger partial charge < -0.3 is 5.32 Å². The van der Waals surface area contributed by atoms with E-state index in [0.29, 0.717) is 24.3 Å². The summed E-state index contributed by atoms with van der Waals surface area (Å²) in [6.07, 6.45) is 12.4. The molecular formula is C15H30N2O2S. The summed E-state index contributed by atoms with van der Waals surface area (Å²) >= 11 is 0. The van der Waals surface area contributed by atoms with Crippen LogP contribution in [0, 0.1) is 5.92 Å². The van der Waals surface area contributed by atoms with E-state index in [9.17, 15) is 8.42 Å². The largest absolute Gasteiger partial charge is 0.313 e. The number of hydrogen-bond donors (Lipinski definition) is 2. The molecule has 0 saturated heterocycles. The number of sulfonamides is 1. The lowest BCUT2D eigenvalue weighted by Crippen LogP contribution is -2.38. The summed E-state index contributed by atoms with van der Waals surface area (Å²) < 4.78 is 26.4. The lowest BCUT2D eigenvalue weighted by molar-refractivity contribution is 0.307. The van der Waals surface area contributed by atoms with Crippen molar-refractivity contribution in [1.29, 1.82) is 0 Å². The van der Waals surface area contributed by atoms with Gasteiger partial charge >= 0.3 is 0 Å². The van der Waals surface area contributed by atoms with Gasteiger partial charge in [-0.15, -0.1) is 0 Å². The van der Waals surface area contributed by atoms with Gasteiger partial charge in [-0.05, 0) is 25.2 Å². The van der Waals surface area contributed by atoms with Crippen LogP contribution < -0.4 is 10.0 Å². The summed E-state index contributed by atoms with van der Waals surface area (Å²) in [6, 6.07) is 0.594. The van der Waals surface area contributed by atoms with Crippen LogP contribution in [0.1, 0.15) is 64.2 Å². The first-order chi connectivity index (χ1) is 9.66. The molecule has 0 unspecified atom stereocenters. The Kier molecular flexibility index (Phi) is 6.78. The Morgan fingerprint density at radius 2 is 1.55 bits per heavy atom. The average molecular weight is 302 g/mol. The summed E-state index contributed by atoms with van der Waals surface area (Å²) in [5.41, 5.74) is 0. The Hall–Kier alpha value is -0.130. The van der Waals surface area contributed by atoms with Crippen LogP contribution in [0.5, 0.6) is 0 Å². The highest BCUT2D eigenvalue weighted by Crippen LogP contribution is 2.29. The summed E-state index contributed by atoms with van der Waals surface area (Å²) in [5.74, 6) is 0.969. The maximum absolute atomic E-state index is 11.8. The van der Waals surface area contributed by atoms with E-state index in [1.54, 1.807) is 0 Å². The fraction of sp³-hybridized carbons (Fsp3) is 1.00. The van der Waals surface area contributed by atoms with Crippen LogP contribution in [-0.4, -0.2) is 33.3 Å². The van der Waals surface area contributed by atoms with Crippen molar-refractivity contribution in [3.05, 3.63) is 0 Å². The molecule has 0 aromatic carbocycles. The van der Waals surface area contributed by atoms with E-state index in [0.717, 1.165) is 13.0 Å². The Labute approximate surface area is 124 Å². The van der Waals surface area contributed by atoms with Crippen LogP contribution in [-0.2, 0) is 10.0 Å². The lowest BCUT2D eigenvalue weighted by atomic mass is 9.84. The van der Waals surface area contributed by atoms with Gasteiger partial charge in [0, 0.05) is 19.1 Å². The molecule has 0 heterocycles. The molecule has 5 heteroatoms. The van der Waals surface area contributed by atoms with E-state index in [2.05, 4.69) is 10.0 Å². The van der Waals surface area contributed by atoms with Crippen molar-refractivity contribution in [3.8, 4) is 0 Å². The van der Waals surface area contributed by atoms with Gasteiger partial charge in [0.05, 0.1) is 5.75 Å². The topological polar surface area (TPSA) is 58.2 Å². The quantitative estimate of drug-likeness (QED) is 0.535. The Bertz CT molecular complexity index is 358. The number of nitrogens with one attached hydrogen (secondary N) is 2. The van der Waals surface area contributed by atoms with Crippen molar-refractivity contribution < 1.29 is 8.42 Å². The van der Waals surface area contributed by atoms with Gasteiger partial charge in [0.1, 0.15) is 0 Å². The molecule has 2 fully saturated rings. The predicted molar refractivity (Wildman–Crippen MR) is 83.2 cm³/mol. The first-order valence-corrected chi connectivity index (χ1v) is 10.0. The highest BCUT2D eigenvalue weighted by molar-refractivity contribution is 7.89. The highest BCUT2D eigenvalue weighted by atomic mass is 32.2. The van der Waals surface area contributed by atoms with Gasteiger partial charge in [-0.2, -0.15) is 0 Å². The molecule has 2 aliphatic carbocycles. The Balaban J connectivity index is 1.54. The van der Waals surface area contributed by atoms with E-state index in [-0.39, 0.29) is 0 Å². The maximum Gasteiger partial charge on any atom is 0.211 e. The molecule has 4 nitrogen and oxygen atoms in total.